The molecule has 22 heavy (non-hydrogen) atoms. The molecule has 1 rings (SSSR count). The molecule has 1 N–H and O–H groups in total. The van der Waals surface area contributed by atoms with Crippen LogP contribution in [-0.2, 0) is 9.59 Å². The van der Waals surface area contributed by atoms with Crippen molar-refractivity contribution in [2.45, 2.75) is 51.4 Å². The van der Waals surface area contributed by atoms with Crippen molar-refractivity contribution in [3.05, 3.63) is 42.5 Å². The molecule has 0 bridgehead atoms. The Bertz CT molecular complexity index is 465. The van der Waals surface area contributed by atoms with Gasteiger partial charge in [-0.25, -0.2) is 4.79 Å². The minimum Gasteiger partial charge on any atom is -0.481 e. The Kier molecular flexibility index (Phi) is 9.42. The Labute approximate surface area is 131 Å². The smallest absolute Gasteiger partial charge is 0.335 e. The van der Waals surface area contributed by atoms with Crippen molar-refractivity contribution in [1.29, 1.82) is 0 Å². The third-order valence-corrected chi connectivity index (χ3v) is 3.23. The minimum absolute atomic E-state index is 0.270. The van der Waals surface area contributed by atoms with Crippen LogP contribution in [0.3, 0.4) is 0 Å². The molecule has 4 heteroatoms. The van der Waals surface area contributed by atoms with Gasteiger partial charge < -0.3 is 9.84 Å². The monoisotopic (exact) mass is 304 g/mol. The van der Waals surface area contributed by atoms with E-state index in [4.69, 9.17) is 9.84 Å². The third-order valence-electron chi connectivity index (χ3n) is 3.23. The Morgan fingerprint density at radius 2 is 1.59 bits per heavy atom. The van der Waals surface area contributed by atoms with Crippen LogP contribution >= 0.6 is 0 Å². The van der Waals surface area contributed by atoms with E-state index < -0.39 is 5.97 Å². The lowest BCUT2D eigenvalue weighted by Crippen LogP contribution is -2.03. The summed E-state index contributed by atoms with van der Waals surface area (Å²) in [6.45, 7) is 0. The van der Waals surface area contributed by atoms with E-state index in [-0.39, 0.29) is 12.4 Å². The van der Waals surface area contributed by atoms with Gasteiger partial charge in [-0.1, -0.05) is 50.0 Å². The standard InChI is InChI=1S/C18H24O4/c19-17(20)14-10-5-3-1-2-4-6-11-15-18(21)22-16-12-8-7-9-13-16/h7-9,11-13,15H,1-6,10,14H2,(H,19,20). The van der Waals surface area contributed by atoms with Gasteiger partial charge in [0.05, 0.1) is 0 Å². The summed E-state index contributed by atoms with van der Waals surface area (Å²) in [7, 11) is 0. The molecule has 0 heterocycles. The van der Waals surface area contributed by atoms with Crippen molar-refractivity contribution < 1.29 is 19.4 Å². The highest BCUT2D eigenvalue weighted by molar-refractivity contribution is 5.83. The summed E-state index contributed by atoms with van der Waals surface area (Å²) in [6.07, 6.45) is 10.5. The number of ether oxygens (including phenoxy) is 1. The van der Waals surface area contributed by atoms with Gasteiger partial charge in [0.1, 0.15) is 5.75 Å². The molecule has 0 aromatic heterocycles. The van der Waals surface area contributed by atoms with E-state index >= 15 is 0 Å². The second kappa shape index (κ2) is 11.5. The molecule has 0 spiro atoms. The van der Waals surface area contributed by atoms with Crippen LogP contribution in [0.15, 0.2) is 42.5 Å². The average molecular weight is 304 g/mol. The number of carbonyl (C=O) groups excluding carboxylic acids is 1. The van der Waals surface area contributed by atoms with Crippen LogP contribution in [0.2, 0.25) is 0 Å². The van der Waals surface area contributed by atoms with Gasteiger partial charge in [0.15, 0.2) is 0 Å². The van der Waals surface area contributed by atoms with E-state index in [0.29, 0.717) is 5.75 Å². The predicted molar refractivity (Wildman–Crippen MR) is 85.8 cm³/mol. The lowest BCUT2D eigenvalue weighted by atomic mass is 10.1. The molecule has 1 aromatic carbocycles. The number of carboxylic acid groups (broad SMARTS) is 1. The van der Waals surface area contributed by atoms with Crippen molar-refractivity contribution in [1.82, 2.24) is 0 Å². The molecule has 4 nitrogen and oxygen atoms in total. The number of esters is 1. The molecule has 0 amide bonds. The van der Waals surface area contributed by atoms with Gasteiger partial charge in [-0.05, 0) is 31.4 Å². The molecule has 1 aromatic rings. The molecular weight excluding hydrogens is 280 g/mol. The van der Waals surface area contributed by atoms with Gasteiger partial charge >= 0.3 is 11.9 Å². The summed E-state index contributed by atoms with van der Waals surface area (Å²) in [5, 5.41) is 8.51. The van der Waals surface area contributed by atoms with Gasteiger partial charge in [0.2, 0.25) is 0 Å². The summed E-state index contributed by atoms with van der Waals surface area (Å²) in [4.78, 5) is 21.8. The van der Waals surface area contributed by atoms with E-state index in [1.165, 1.54) is 6.08 Å². The van der Waals surface area contributed by atoms with Gasteiger partial charge in [0.25, 0.3) is 0 Å². The fourth-order valence-electron chi connectivity index (χ4n) is 2.06. The first-order valence-corrected chi connectivity index (χ1v) is 7.83. The molecule has 0 aliphatic rings. The highest BCUT2D eigenvalue weighted by Crippen LogP contribution is 2.10. The van der Waals surface area contributed by atoms with Crippen LogP contribution in [0, 0.1) is 0 Å². The maximum atomic E-state index is 11.5. The summed E-state index contributed by atoms with van der Waals surface area (Å²) < 4.78 is 5.13. The number of rotatable bonds is 11. The van der Waals surface area contributed by atoms with E-state index in [2.05, 4.69) is 0 Å². The SMILES string of the molecule is O=C(O)CCCCCCCCC=CC(=O)Oc1ccccc1. The van der Waals surface area contributed by atoms with Crippen LogP contribution in [0.4, 0.5) is 0 Å². The van der Waals surface area contributed by atoms with Gasteiger partial charge in [0, 0.05) is 12.5 Å². The molecule has 0 fully saturated rings. The summed E-state index contributed by atoms with van der Waals surface area (Å²) in [5.74, 6) is -0.508. The lowest BCUT2D eigenvalue weighted by Gasteiger charge is -2.00. The summed E-state index contributed by atoms with van der Waals surface area (Å²) in [6, 6.07) is 9.01. The van der Waals surface area contributed by atoms with E-state index in [1.807, 2.05) is 24.3 Å². The first-order chi connectivity index (χ1) is 10.7. The molecule has 0 atom stereocenters. The number of carboxylic acids is 1. The van der Waals surface area contributed by atoms with Crippen LogP contribution < -0.4 is 4.74 Å². The zero-order valence-electron chi connectivity index (χ0n) is 12.9. The number of benzene rings is 1. The van der Waals surface area contributed by atoms with Crippen molar-refractivity contribution >= 4 is 11.9 Å². The molecule has 0 saturated heterocycles. The first kappa shape index (κ1) is 18.0. The maximum absolute atomic E-state index is 11.5. The molecule has 0 aliphatic heterocycles. The number of aliphatic carboxylic acids is 1. The number of allylic oxidation sites excluding steroid dienone is 1. The highest BCUT2D eigenvalue weighted by atomic mass is 16.5. The van der Waals surface area contributed by atoms with Crippen molar-refractivity contribution in [3.63, 3.8) is 0 Å². The second-order valence-electron chi connectivity index (χ2n) is 5.19. The molecular formula is C18H24O4. The Morgan fingerprint density at radius 1 is 0.955 bits per heavy atom. The number of unbranched alkanes of at least 4 members (excludes halogenated alkanes) is 6. The number of hydrogen-bond acceptors (Lipinski definition) is 3. The topological polar surface area (TPSA) is 63.6 Å². The molecule has 0 radical (unpaired) electrons. The maximum Gasteiger partial charge on any atom is 0.335 e. The van der Waals surface area contributed by atoms with E-state index in [1.54, 1.807) is 12.1 Å². The zero-order chi connectivity index (χ0) is 16.0. The first-order valence-electron chi connectivity index (χ1n) is 7.83. The molecule has 0 unspecified atom stereocenters. The largest absolute Gasteiger partial charge is 0.481 e. The number of carbonyl (C=O) groups is 2. The fraction of sp³-hybridized carbons (Fsp3) is 0.444. The number of hydrogen-bond donors (Lipinski definition) is 1. The van der Waals surface area contributed by atoms with Crippen molar-refractivity contribution in [2.24, 2.45) is 0 Å². The van der Waals surface area contributed by atoms with Gasteiger partial charge in [-0.15, -0.1) is 0 Å². The second-order valence-corrected chi connectivity index (χ2v) is 5.19. The van der Waals surface area contributed by atoms with Gasteiger partial charge in [-0.2, -0.15) is 0 Å². The van der Waals surface area contributed by atoms with Crippen LogP contribution in [0.25, 0.3) is 0 Å². The summed E-state index contributed by atoms with van der Waals surface area (Å²) >= 11 is 0. The minimum atomic E-state index is -0.715. The fourth-order valence-corrected chi connectivity index (χ4v) is 2.06. The average Bonchev–Trinajstić information content (AvgIpc) is 2.50. The molecule has 0 saturated carbocycles. The zero-order valence-corrected chi connectivity index (χ0v) is 12.9. The van der Waals surface area contributed by atoms with E-state index in [9.17, 15) is 9.59 Å². The normalized spacial score (nSPS) is 10.7. The highest BCUT2D eigenvalue weighted by Gasteiger charge is 1.99. The van der Waals surface area contributed by atoms with Crippen molar-refractivity contribution in [2.75, 3.05) is 0 Å². The van der Waals surface area contributed by atoms with Crippen LogP contribution in [0.1, 0.15) is 51.4 Å². The molecule has 0 aliphatic carbocycles. The predicted octanol–water partition coefficient (Wildman–Crippen LogP) is 4.35. The van der Waals surface area contributed by atoms with Crippen molar-refractivity contribution in [3.8, 4) is 5.75 Å². The van der Waals surface area contributed by atoms with Crippen LogP contribution in [-0.4, -0.2) is 17.0 Å². The quantitative estimate of drug-likeness (QED) is 0.286. The summed E-state index contributed by atoms with van der Waals surface area (Å²) in [5.41, 5.74) is 0. The van der Waals surface area contributed by atoms with Gasteiger partial charge in [-0.3, -0.25) is 4.79 Å². The Morgan fingerprint density at radius 3 is 2.27 bits per heavy atom. The number of para-hydroxylation sites is 1. The Balaban J connectivity index is 1.97. The van der Waals surface area contributed by atoms with Crippen LogP contribution in [0.5, 0.6) is 5.75 Å². The Hall–Kier alpha value is -2.10. The lowest BCUT2D eigenvalue weighted by molar-refractivity contribution is -0.137. The third kappa shape index (κ3) is 9.75. The molecule has 120 valence electrons. The van der Waals surface area contributed by atoms with E-state index in [0.717, 1.165) is 44.9 Å².